The number of fused-ring (bicyclic) bond motifs is 1. The number of halogens is 4. The number of aromatic hydroxyl groups is 2. The number of Topliss-reactive ketones (excluding diaryl/α,β-unsaturated/α-hetero) is 2. The van der Waals surface area contributed by atoms with Gasteiger partial charge in [0.05, 0.1) is 60.3 Å². The van der Waals surface area contributed by atoms with Crippen LogP contribution in [0.5, 0.6) is 11.5 Å². The number of aliphatic hydroxyl groups excluding tert-OH is 2. The summed E-state index contributed by atoms with van der Waals surface area (Å²) >= 11 is 12.2. The number of carboxylic acids is 1. The fourth-order valence-electron chi connectivity index (χ4n) is 6.20. The van der Waals surface area contributed by atoms with E-state index in [-0.39, 0.29) is 50.3 Å². The van der Waals surface area contributed by atoms with Crippen LogP contribution in [0.1, 0.15) is 64.2 Å². The number of nitrogens with one attached hydrogen (secondary N) is 1. The Morgan fingerprint density at radius 2 is 1.21 bits per heavy atom. The Kier molecular flexibility index (Phi) is 23.0. The fourth-order valence-corrected chi connectivity index (χ4v) is 6.66. The number of nitrogens with zero attached hydrogens (tertiary/aromatic N) is 5. The molecule has 1 heterocycles. The lowest BCUT2D eigenvalue weighted by atomic mass is 9.91. The molecule has 4 atom stereocenters. The SMILES string of the molecule is C.NCC(=O)c1ccc(F)c(O)c1.On1nnc2ccccc21.[C-]#[N+]c1ccc(C[C@@H](C(=O)NCC(=O)c2ccc(F)c(O)c2)[C@H](C)O)c(C)c1Cl.[C-]#[N+]c1ccc(C[C@@H](C(=O)O)[C@H](C)O)c(C)c1Cl. The second kappa shape index (κ2) is 27.5. The third-order valence-corrected chi connectivity index (χ3v) is 11.3. The number of carboxylic acid groups (broad SMARTS) is 1. The molecular formula is C49H51Cl2F2N7O10. The molecule has 0 unspecified atom stereocenters. The lowest BCUT2D eigenvalue weighted by molar-refractivity contribution is -0.145. The highest BCUT2D eigenvalue weighted by atomic mass is 35.5. The minimum Gasteiger partial charge on any atom is -0.505 e. The van der Waals surface area contributed by atoms with Crippen molar-refractivity contribution in [3.05, 3.63) is 163 Å². The van der Waals surface area contributed by atoms with Gasteiger partial charge < -0.3 is 41.8 Å². The van der Waals surface area contributed by atoms with Gasteiger partial charge in [-0.15, -0.1) is 5.10 Å². The van der Waals surface area contributed by atoms with Gasteiger partial charge in [-0.25, -0.2) is 18.5 Å². The van der Waals surface area contributed by atoms with Crippen molar-refractivity contribution < 1.29 is 58.7 Å². The zero-order valence-corrected chi connectivity index (χ0v) is 38.9. The number of phenolic OH excluding ortho intramolecular Hbond substituents is 2. The Bertz CT molecular complexity index is 2900. The van der Waals surface area contributed by atoms with Crippen molar-refractivity contribution in [3.63, 3.8) is 0 Å². The molecule has 5 aromatic carbocycles. The second-order valence-corrected chi connectivity index (χ2v) is 15.9. The van der Waals surface area contributed by atoms with Crippen molar-refractivity contribution >= 4 is 69.1 Å². The van der Waals surface area contributed by atoms with Crippen LogP contribution in [0.25, 0.3) is 20.7 Å². The number of para-hydroxylation sites is 1. The van der Waals surface area contributed by atoms with E-state index in [9.17, 15) is 43.3 Å². The minimum atomic E-state index is -1.05. The standard InChI is InChI=1S/C21H20ClFN2O4.C13H14ClNO3.C8H8FNO2.C6H5N3O.CH4/c1-11-13(5-7-17(24-3)20(11)22)8-15(12(2)26)21(29)25-10-19(28)14-4-6-16(23)18(27)9-14;1-7-9(4-5-11(15-3)12(7)14)6-10(8(2)16)13(17)18;9-6-2-1-5(3-7(6)11)8(12)4-10;10-9-6-4-2-1-3-5(6)7-8-9;/h4-7,9,12,15,26-27H,8,10H2,1-2H3,(H,25,29);4-5,8,10,16H,6H2,1-2H3,(H,17,18);1-3,11H,4,10H2;1-4,10H;1H4/t12-,15+;8-,10+;;;/m00.../s1. The van der Waals surface area contributed by atoms with Crippen LogP contribution in [0.2, 0.25) is 10.0 Å². The molecule has 6 rings (SSSR count). The van der Waals surface area contributed by atoms with Crippen LogP contribution in [0.3, 0.4) is 0 Å². The smallest absolute Gasteiger partial charge is 0.309 e. The molecule has 0 saturated heterocycles. The van der Waals surface area contributed by atoms with E-state index in [1.165, 1.54) is 26.0 Å². The molecule has 0 radical (unpaired) electrons. The van der Waals surface area contributed by atoms with Crippen LogP contribution in [-0.2, 0) is 22.4 Å². The number of amides is 1. The quantitative estimate of drug-likeness (QED) is 0.0307. The molecule has 0 fully saturated rings. The third-order valence-electron chi connectivity index (χ3n) is 10.4. The molecule has 370 valence electrons. The first kappa shape index (κ1) is 58.6. The summed E-state index contributed by atoms with van der Waals surface area (Å²) in [5.74, 6) is -6.94. The van der Waals surface area contributed by atoms with E-state index in [2.05, 4.69) is 25.3 Å². The van der Waals surface area contributed by atoms with E-state index in [4.69, 9.17) is 57.5 Å². The maximum Gasteiger partial charge on any atom is 0.309 e. The number of hydrogen-bond acceptors (Lipinski definition) is 12. The number of aliphatic carboxylic acids is 1. The van der Waals surface area contributed by atoms with E-state index in [0.717, 1.165) is 34.7 Å². The molecule has 21 heteroatoms. The lowest BCUT2D eigenvalue weighted by Gasteiger charge is -2.21. The first-order chi connectivity index (χ1) is 32.6. The molecule has 1 aromatic heterocycles. The van der Waals surface area contributed by atoms with Crippen LogP contribution < -0.4 is 11.1 Å². The van der Waals surface area contributed by atoms with E-state index < -0.39 is 64.8 Å². The van der Waals surface area contributed by atoms with E-state index in [1.807, 2.05) is 12.1 Å². The monoisotopic (exact) mass is 1010 g/mol. The van der Waals surface area contributed by atoms with Gasteiger partial charge in [0.15, 0.2) is 34.7 Å². The summed E-state index contributed by atoms with van der Waals surface area (Å²) in [6.07, 6.45) is -1.59. The molecule has 6 aromatic rings. The summed E-state index contributed by atoms with van der Waals surface area (Å²) in [5.41, 5.74) is 10.1. The predicted octanol–water partition coefficient (Wildman–Crippen LogP) is 8.38. The van der Waals surface area contributed by atoms with E-state index in [1.54, 1.807) is 50.2 Å². The normalized spacial score (nSPS) is 12.0. The number of rotatable bonds is 13. The van der Waals surface area contributed by atoms with Gasteiger partial charge in [0.2, 0.25) is 17.3 Å². The highest BCUT2D eigenvalue weighted by Crippen LogP contribution is 2.33. The number of aromatic nitrogens is 3. The van der Waals surface area contributed by atoms with Crippen LogP contribution >= 0.6 is 23.2 Å². The third kappa shape index (κ3) is 16.0. The zero-order valence-electron chi connectivity index (χ0n) is 37.4. The summed E-state index contributed by atoms with van der Waals surface area (Å²) in [7, 11) is 0. The fraction of sp³-hybridized carbons (Fsp3) is 0.265. The Morgan fingerprint density at radius 1 is 0.757 bits per heavy atom. The van der Waals surface area contributed by atoms with Crippen LogP contribution in [0, 0.1) is 50.5 Å². The van der Waals surface area contributed by atoms with Crippen molar-refractivity contribution in [2.75, 3.05) is 13.1 Å². The van der Waals surface area contributed by atoms with Gasteiger partial charge in [-0.1, -0.05) is 71.9 Å². The van der Waals surface area contributed by atoms with Gasteiger partial charge in [-0.2, -0.15) is 0 Å². The topological polar surface area (TPSA) is 267 Å². The van der Waals surface area contributed by atoms with Gasteiger partial charge in [0.1, 0.15) is 11.0 Å². The maximum absolute atomic E-state index is 13.1. The highest BCUT2D eigenvalue weighted by molar-refractivity contribution is 6.34. The Labute approximate surface area is 411 Å². The van der Waals surface area contributed by atoms with Crippen LogP contribution in [-0.4, -0.2) is 94.6 Å². The minimum absolute atomic E-state index is 0. The predicted molar refractivity (Wildman–Crippen MR) is 259 cm³/mol. The number of phenols is 2. The highest BCUT2D eigenvalue weighted by Gasteiger charge is 2.27. The van der Waals surface area contributed by atoms with Gasteiger partial charge in [0.25, 0.3) is 0 Å². The molecular weight excluding hydrogens is 955 g/mol. The average molecular weight is 1010 g/mol. The number of carbonyl (C=O) groups excluding carboxylic acids is 3. The molecule has 1 amide bonds. The first-order valence-corrected chi connectivity index (χ1v) is 21.2. The van der Waals surface area contributed by atoms with Crippen molar-refractivity contribution in [1.29, 1.82) is 0 Å². The Balaban J connectivity index is 0.000000347. The van der Waals surface area contributed by atoms with Crippen molar-refractivity contribution in [1.82, 2.24) is 20.5 Å². The van der Waals surface area contributed by atoms with Crippen molar-refractivity contribution in [2.24, 2.45) is 17.6 Å². The molecule has 0 saturated carbocycles. The zero-order chi connectivity index (χ0) is 51.7. The van der Waals surface area contributed by atoms with Gasteiger partial charge in [-0.05, 0) is 117 Å². The molecule has 0 bridgehead atoms. The lowest BCUT2D eigenvalue weighted by Crippen LogP contribution is -2.40. The second-order valence-electron chi connectivity index (χ2n) is 15.1. The van der Waals surface area contributed by atoms with Gasteiger partial charge >= 0.3 is 5.97 Å². The largest absolute Gasteiger partial charge is 0.505 e. The summed E-state index contributed by atoms with van der Waals surface area (Å²) in [6, 6.07) is 20.2. The van der Waals surface area contributed by atoms with Crippen LogP contribution in [0.15, 0.2) is 84.9 Å². The number of nitrogens with two attached hydrogens (primary N) is 1. The van der Waals surface area contributed by atoms with Crippen molar-refractivity contribution in [3.8, 4) is 11.5 Å². The number of carbonyl (C=O) groups is 4. The molecule has 0 aliphatic heterocycles. The van der Waals surface area contributed by atoms with Crippen LogP contribution in [0.4, 0.5) is 20.2 Å². The maximum atomic E-state index is 13.1. The average Bonchev–Trinajstić information content (AvgIpc) is 3.70. The Hall–Kier alpha value is -7.52. The molecule has 9 N–H and O–H groups in total. The molecule has 17 nitrogen and oxygen atoms in total. The number of ketones is 2. The van der Waals surface area contributed by atoms with E-state index in [0.29, 0.717) is 49.1 Å². The van der Waals surface area contributed by atoms with Gasteiger partial charge in [-0.3, -0.25) is 19.2 Å². The van der Waals surface area contributed by atoms with Crippen molar-refractivity contribution in [2.45, 2.75) is 60.2 Å². The summed E-state index contributed by atoms with van der Waals surface area (Å²) in [6.45, 7) is 19.9. The summed E-state index contributed by atoms with van der Waals surface area (Å²) in [5, 5.41) is 65.9. The molecule has 70 heavy (non-hydrogen) atoms. The molecule has 0 spiro atoms. The Morgan fingerprint density at radius 3 is 1.63 bits per heavy atom. The molecule has 0 aliphatic rings. The number of aliphatic hydroxyl groups is 2. The first-order valence-electron chi connectivity index (χ1n) is 20.5. The number of hydrogen-bond donors (Lipinski definition) is 8. The summed E-state index contributed by atoms with van der Waals surface area (Å²) in [4.78, 5) is 54.0. The van der Waals surface area contributed by atoms with Gasteiger partial charge in [0, 0.05) is 11.1 Å². The summed E-state index contributed by atoms with van der Waals surface area (Å²) < 4.78 is 25.6. The van der Waals surface area contributed by atoms with E-state index >= 15 is 0 Å². The number of benzene rings is 5. The molecule has 0 aliphatic carbocycles.